The van der Waals surface area contributed by atoms with Crippen molar-refractivity contribution in [2.75, 3.05) is 7.11 Å². The van der Waals surface area contributed by atoms with Crippen LogP contribution < -0.4 is 4.74 Å². The second-order valence-corrected chi connectivity index (χ2v) is 4.82. The van der Waals surface area contributed by atoms with Crippen LogP contribution in [-0.4, -0.2) is 32.4 Å². The third-order valence-corrected chi connectivity index (χ3v) is 3.30. The molecule has 0 bridgehead atoms. The van der Waals surface area contributed by atoms with Gasteiger partial charge in [-0.1, -0.05) is 10.3 Å². The Labute approximate surface area is 136 Å². The van der Waals surface area contributed by atoms with Gasteiger partial charge in [0.15, 0.2) is 0 Å². The van der Waals surface area contributed by atoms with E-state index in [1.807, 2.05) is 30.3 Å². The zero-order chi connectivity index (χ0) is 16.4. The van der Waals surface area contributed by atoms with Crippen molar-refractivity contribution in [3.05, 3.63) is 48.8 Å². The van der Waals surface area contributed by atoms with Gasteiger partial charge in [0.2, 0.25) is 11.6 Å². The number of methoxy groups -OCH3 is 1. The lowest BCUT2D eigenvalue weighted by Gasteiger charge is -1.98. The highest BCUT2D eigenvalue weighted by atomic mass is 16.5. The van der Waals surface area contributed by atoms with Crippen LogP contribution in [0.5, 0.6) is 5.75 Å². The zero-order valence-corrected chi connectivity index (χ0v) is 12.6. The molecule has 0 aliphatic carbocycles. The van der Waals surface area contributed by atoms with Gasteiger partial charge in [0, 0.05) is 23.5 Å². The fourth-order valence-corrected chi connectivity index (χ4v) is 2.09. The molecule has 118 valence electrons. The monoisotopic (exact) mass is 321 g/mol. The summed E-state index contributed by atoms with van der Waals surface area (Å²) in [5.74, 6) is 1.89. The summed E-state index contributed by atoms with van der Waals surface area (Å²) < 4.78 is 15.5. The molecule has 0 unspecified atom stereocenters. The van der Waals surface area contributed by atoms with E-state index in [0.717, 1.165) is 16.9 Å². The molecule has 8 heteroatoms. The third kappa shape index (κ3) is 2.60. The van der Waals surface area contributed by atoms with Gasteiger partial charge in [-0.3, -0.25) is 4.98 Å². The molecule has 0 fully saturated rings. The largest absolute Gasteiger partial charge is 0.497 e. The van der Waals surface area contributed by atoms with Gasteiger partial charge in [-0.05, 0) is 36.4 Å². The zero-order valence-electron chi connectivity index (χ0n) is 12.6. The first-order valence-electron chi connectivity index (χ1n) is 7.06. The first-order valence-corrected chi connectivity index (χ1v) is 7.06. The number of nitrogens with zero attached hydrogens (tertiary/aromatic N) is 5. The molecule has 8 nitrogen and oxygen atoms in total. The van der Waals surface area contributed by atoms with Crippen LogP contribution in [0.25, 0.3) is 34.6 Å². The van der Waals surface area contributed by atoms with Gasteiger partial charge in [0.05, 0.1) is 7.11 Å². The fraction of sp³-hybridized carbons (Fsp3) is 0.0625. The van der Waals surface area contributed by atoms with Gasteiger partial charge >= 0.3 is 11.8 Å². The molecule has 0 spiro atoms. The van der Waals surface area contributed by atoms with Crippen LogP contribution in [0, 0.1) is 0 Å². The summed E-state index contributed by atoms with van der Waals surface area (Å²) in [7, 11) is 1.61. The van der Waals surface area contributed by atoms with E-state index < -0.39 is 0 Å². The minimum Gasteiger partial charge on any atom is -0.497 e. The average molecular weight is 321 g/mol. The maximum atomic E-state index is 5.21. The number of hydrogen-bond donors (Lipinski definition) is 0. The highest BCUT2D eigenvalue weighted by Gasteiger charge is 2.18. The predicted molar refractivity (Wildman–Crippen MR) is 82.8 cm³/mol. The number of rotatable bonds is 4. The van der Waals surface area contributed by atoms with Crippen LogP contribution >= 0.6 is 0 Å². The second-order valence-electron chi connectivity index (χ2n) is 4.82. The molecule has 0 aliphatic rings. The number of ether oxygens (including phenoxy) is 1. The van der Waals surface area contributed by atoms with Crippen molar-refractivity contribution >= 4 is 0 Å². The lowest BCUT2D eigenvalue weighted by Crippen LogP contribution is -1.84. The third-order valence-electron chi connectivity index (χ3n) is 3.30. The standard InChI is InChI=1S/C16H11N5O3/c1-22-12-6-4-10(5-7-12)13-18-15(23-20-13)16-19-14(21-24-16)11-3-2-8-17-9-11/h2-9H,1H3. The Kier molecular flexibility index (Phi) is 3.47. The number of pyridine rings is 1. The Bertz CT molecular complexity index is 947. The summed E-state index contributed by atoms with van der Waals surface area (Å²) in [5, 5.41) is 7.83. The molecule has 0 atom stereocenters. The van der Waals surface area contributed by atoms with Crippen molar-refractivity contribution in [1.29, 1.82) is 0 Å². The van der Waals surface area contributed by atoms with Crippen molar-refractivity contribution in [3.8, 4) is 40.3 Å². The number of aromatic nitrogens is 5. The highest BCUT2D eigenvalue weighted by Crippen LogP contribution is 2.24. The number of hydrogen-bond acceptors (Lipinski definition) is 8. The van der Waals surface area contributed by atoms with Crippen molar-refractivity contribution in [1.82, 2.24) is 25.3 Å². The minimum atomic E-state index is 0.154. The second kappa shape index (κ2) is 5.92. The van der Waals surface area contributed by atoms with Crippen LogP contribution in [0.1, 0.15) is 0 Å². The molecule has 0 aliphatic heterocycles. The Morgan fingerprint density at radius 1 is 0.833 bits per heavy atom. The molecule has 0 N–H and O–H groups in total. The predicted octanol–water partition coefficient (Wildman–Crippen LogP) is 2.86. The molecular formula is C16H11N5O3. The molecule has 0 saturated carbocycles. The molecule has 3 heterocycles. The summed E-state index contributed by atoms with van der Waals surface area (Å²) >= 11 is 0. The van der Waals surface area contributed by atoms with Gasteiger partial charge in [-0.25, -0.2) is 0 Å². The lowest BCUT2D eigenvalue weighted by atomic mass is 10.2. The molecule has 3 aromatic heterocycles. The molecule has 0 radical (unpaired) electrons. The SMILES string of the molecule is COc1ccc(-c2noc(-c3nc(-c4cccnc4)no3)n2)cc1. The fourth-order valence-electron chi connectivity index (χ4n) is 2.09. The minimum absolute atomic E-state index is 0.154. The summed E-state index contributed by atoms with van der Waals surface area (Å²) in [6.45, 7) is 0. The molecule has 0 saturated heterocycles. The molecule has 24 heavy (non-hydrogen) atoms. The van der Waals surface area contributed by atoms with E-state index in [4.69, 9.17) is 13.8 Å². The quantitative estimate of drug-likeness (QED) is 0.565. The summed E-state index contributed by atoms with van der Waals surface area (Å²) in [5.41, 5.74) is 1.53. The topological polar surface area (TPSA) is 100.0 Å². The van der Waals surface area contributed by atoms with Crippen LogP contribution in [0.2, 0.25) is 0 Å². The van der Waals surface area contributed by atoms with Crippen LogP contribution in [-0.2, 0) is 0 Å². The lowest BCUT2D eigenvalue weighted by molar-refractivity contribution is 0.383. The van der Waals surface area contributed by atoms with Crippen molar-refractivity contribution in [2.45, 2.75) is 0 Å². The smallest absolute Gasteiger partial charge is 0.316 e. The first kappa shape index (κ1) is 14.1. The van der Waals surface area contributed by atoms with Gasteiger partial charge in [0.1, 0.15) is 5.75 Å². The normalized spacial score (nSPS) is 10.7. The Morgan fingerprint density at radius 2 is 1.50 bits per heavy atom. The van der Waals surface area contributed by atoms with Crippen LogP contribution in [0.3, 0.4) is 0 Å². The van der Waals surface area contributed by atoms with E-state index in [1.54, 1.807) is 25.6 Å². The van der Waals surface area contributed by atoms with Gasteiger partial charge in [-0.2, -0.15) is 9.97 Å². The van der Waals surface area contributed by atoms with E-state index in [2.05, 4.69) is 25.3 Å². The van der Waals surface area contributed by atoms with Crippen molar-refractivity contribution < 1.29 is 13.8 Å². The first-order chi connectivity index (χ1) is 11.8. The maximum Gasteiger partial charge on any atom is 0.316 e. The summed E-state index contributed by atoms with van der Waals surface area (Å²) in [4.78, 5) is 12.6. The van der Waals surface area contributed by atoms with Crippen LogP contribution in [0.15, 0.2) is 57.8 Å². The summed E-state index contributed by atoms with van der Waals surface area (Å²) in [6.07, 6.45) is 3.31. The molecular weight excluding hydrogens is 310 g/mol. The summed E-state index contributed by atoms with van der Waals surface area (Å²) in [6, 6.07) is 10.9. The molecule has 4 aromatic rings. The van der Waals surface area contributed by atoms with E-state index in [0.29, 0.717) is 11.6 Å². The van der Waals surface area contributed by atoms with E-state index in [1.165, 1.54) is 0 Å². The highest BCUT2D eigenvalue weighted by molar-refractivity contribution is 5.59. The Morgan fingerprint density at radius 3 is 2.08 bits per heavy atom. The van der Waals surface area contributed by atoms with E-state index >= 15 is 0 Å². The van der Waals surface area contributed by atoms with Crippen molar-refractivity contribution in [2.24, 2.45) is 0 Å². The van der Waals surface area contributed by atoms with Gasteiger partial charge in [0.25, 0.3) is 0 Å². The van der Waals surface area contributed by atoms with Gasteiger partial charge in [-0.15, -0.1) is 0 Å². The van der Waals surface area contributed by atoms with E-state index in [9.17, 15) is 0 Å². The molecule has 4 rings (SSSR count). The Hall–Kier alpha value is -3.55. The van der Waals surface area contributed by atoms with E-state index in [-0.39, 0.29) is 11.8 Å². The average Bonchev–Trinajstić information content (AvgIpc) is 3.32. The number of benzene rings is 1. The van der Waals surface area contributed by atoms with Crippen LogP contribution in [0.4, 0.5) is 0 Å². The van der Waals surface area contributed by atoms with Gasteiger partial charge < -0.3 is 13.8 Å². The van der Waals surface area contributed by atoms with Crippen molar-refractivity contribution in [3.63, 3.8) is 0 Å². The maximum absolute atomic E-state index is 5.21. The molecule has 1 aromatic carbocycles. The Balaban J connectivity index is 1.62. The molecule has 0 amide bonds.